The molecule has 1 aromatic carbocycles. The smallest absolute Gasteiger partial charge is 0.244 e. The fraction of sp³-hybridized carbons (Fsp3) is 0.250. The third kappa shape index (κ3) is 3.47. The maximum atomic E-state index is 13.0. The van der Waals surface area contributed by atoms with E-state index in [1.807, 2.05) is 0 Å². The van der Waals surface area contributed by atoms with E-state index >= 15 is 0 Å². The maximum absolute atomic E-state index is 13.0. The first-order valence-electron chi connectivity index (χ1n) is 7.53. The van der Waals surface area contributed by atoms with E-state index in [1.165, 1.54) is 18.3 Å². The number of rotatable bonds is 5. The number of hydrogen-bond acceptors (Lipinski definition) is 5. The van der Waals surface area contributed by atoms with Crippen molar-refractivity contribution >= 4 is 10.0 Å². The third-order valence-corrected chi connectivity index (χ3v) is 5.49. The Balaban J connectivity index is 1.82. The Morgan fingerprint density at radius 1 is 1.24 bits per heavy atom. The van der Waals surface area contributed by atoms with Crippen LogP contribution in [0.1, 0.15) is 30.2 Å². The van der Waals surface area contributed by atoms with Crippen LogP contribution in [0.15, 0.2) is 39.8 Å². The zero-order valence-corrected chi connectivity index (χ0v) is 14.7. The van der Waals surface area contributed by atoms with Gasteiger partial charge >= 0.3 is 0 Å². The molecule has 2 aromatic heterocycles. The van der Waals surface area contributed by atoms with Gasteiger partial charge in [-0.1, -0.05) is 0 Å². The third-order valence-electron chi connectivity index (χ3n) is 3.68. The van der Waals surface area contributed by atoms with Gasteiger partial charge in [-0.25, -0.2) is 17.8 Å². The zero-order chi connectivity index (χ0) is 18.2. The van der Waals surface area contributed by atoms with E-state index in [4.69, 9.17) is 4.42 Å². The Labute approximate surface area is 144 Å². The van der Waals surface area contributed by atoms with Crippen LogP contribution in [-0.4, -0.2) is 23.6 Å². The molecule has 1 atom stereocenters. The van der Waals surface area contributed by atoms with Crippen LogP contribution in [0.25, 0.3) is 11.3 Å². The molecule has 3 aromatic rings. The van der Waals surface area contributed by atoms with Crippen LogP contribution in [0.2, 0.25) is 0 Å². The predicted octanol–water partition coefficient (Wildman–Crippen LogP) is 2.86. The van der Waals surface area contributed by atoms with E-state index in [9.17, 15) is 12.8 Å². The van der Waals surface area contributed by atoms with Gasteiger partial charge in [0.2, 0.25) is 15.9 Å². The summed E-state index contributed by atoms with van der Waals surface area (Å²) in [5, 5.41) is 6.55. The number of H-pyrrole nitrogens is 1. The molecule has 0 bridgehead atoms. The highest BCUT2D eigenvalue weighted by atomic mass is 32.2. The van der Waals surface area contributed by atoms with Crippen molar-refractivity contribution in [3.05, 3.63) is 53.6 Å². The summed E-state index contributed by atoms with van der Waals surface area (Å²) in [5.74, 6) is 0.286. The monoisotopic (exact) mass is 364 g/mol. The Kier molecular flexibility index (Phi) is 4.44. The Hall–Kier alpha value is -2.52. The molecule has 2 heterocycles. The Bertz CT molecular complexity index is 973. The number of hydrogen-bond donors (Lipinski definition) is 2. The van der Waals surface area contributed by atoms with Gasteiger partial charge in [-0.3, -0.25) is 5.10 Å². The Morgan fingerprint density at radius 3 is 2.52 bits per heavy atom. The van der Waals surface area contributed by atoms with Crippen molar-refractivity contribution in [2.24, 2.45) is 0 Å². The summed E-state index contributed by atoms with van der Waals surface area (Å²) in [5.41, 5.74) is 1.49. The summed E-state index contributed by atoms with van der Waals surface area (Å²) in [7, 11) is -3.78. The van der Waals surface area contributed by atoms with Gasteiger partial charge < -0.3 is 4.42 Å². The molecule has 0 fully saturated rings. The van der Waals surface area contributed by atoms with Crippen molar-refractivity contribution in [1.29, 1.82) is 0 Å². The molecule has 3 rings (SSSR count). The number of aromatic nitrogens is 3. The molecule has 0 aliphatic heterocycles. The van der Waals surface area contributed by atoms with Gasteiger partial charge in [0, 0.05) is 5.56 Å². The molecule has 0 saturated heterocycles. The molecule has 25 heavy (non-hydrogen) atoms. The molecular formula is C16H17FN4O3S. The summed E-state index contributed by atoms with van der Waals surface area (Å²) in [4.78, 5) is 4.23. The van der Waals surface area contributed by atoms with Crippen LogP contribution < -0.4 is 4.72 Å². The topological polar surface area (TPSA) is 101 Å². The van der Waals surface area contributed by atoms with Gasteiger partial charge in [-0.15, -0.1) is 0 Å². The fourth-order valence-corrected chi connectivity index (χ4v) is 4.08. The lowest BCUT2D eigenvalue weighted by atomic mass is 10.2. The van der Waals surface area contributed by atoms with Gasteiger partial charge in [0.05, 0.1) is 23.6 Å². The number of aryl methyl sites for hydroxylation is 2. The minimum atomic E-state index is -3.78. The van der Waals surface area contributed by atoms with E-state index in [0.717, 1.165) is 0 Å². The van der Waals surface area contributed by atoms with Crippen LogP contribution in [0, 0.1) is 19.7 Å². The molecule has 2 N–H and O–H groups in total. The number of nitrogens with one attached hydrogen (secondary N) is 2. The zero-order valence-electron chi connectivity index (χ0n) is 13.9. The average molecular weight is 364 g/mol. The molecule has 0 radical (unpaired) electrons. The molecule has 0 aliphatic carbocycles. The van der Waals surface area contributed by atoms with Crippen molar-refractivity contribution in [2.45, 2.75) is 31.7 Å². The van der Waals surface area contributed by atoms with Crippen molar-refractivity contribution < 1.29 is 17.2 Å². The molecule has 0 saturated carbocycles. The number of sulfonamides is 1. The van der Waals surface area contributed by atoms with Crippen molar-refractivity contribution in [3.8, 4) is 11.3 Å². The van der Waals surface area contributed by atoms with Gasteiger partial charge in [-0.2, -0.15) is 9.82 Å². The second kappa shape index (κ2) is 6.41. The minimum absolute atomic E-state index is 0.115. The lowest BCUT2D eigenvalue weighted by Crippen LogP contribution is -2.27. The minimum Gasteiger partial charge on any atom is -0.439 e. The van der Waals surface area contributed by atoms with E-state index < -0.39 is 16.1 Å². The SMILES string of the molecule is Cc1n[nH]c(C)c1S(=O)(=O)NC(C)c1ncc(-c2ccc(F)cc2)o1. The highest BCUT2D eigenvalue weighted by Crippen LogP contribution is 2.25. The maximum Gasteiger partial charge on any atom is 0.244 e. The second-order valence-corrected chi connectivity index (χ2v) is 7.33. The Morgan fingerprint density at radius 2 is 1.92 bits per heavy atom. The number of aromatic amines is 1. The number of halogens is 1. The molecule has 0 spiro atoms. The summed E-state index contributed by atoms with van der Waals surface area (Å²) in [6.45, 7) is 4.88. The van der Waals surface area contributed by atoms with Crippen molar-refractivity contribution in [3.63, 3.8) is 0 Å². The van der Waals surface area contributed by atoms with Gasteiger partial charge in [0.1, 0.15) is 10.7 Å². The van der Waals surface area contributed by atoms with Crippen LogP contribution in [0.5, 0.6) is 0 Å². The number of nitrogens with zero attached hydrogens (tertiary/aromatic N) is 2. The lowest BCUT2D eigenvalue weighted by molar-refractivity contribution is 0.452. The molecule has 0 amide bonds. The number of oxazole rings is 1. The molecule has 7 nitrogen and oxygen atoms in total. The molecule has 132 valence electrons. The fourth-order valence-electron chi connectivity index (χ4n) is 2.51. The second-order valence-electron chi connectivity index (χ2n) is 5.68. The molecular weight excluding hydrogens is 347 g/mol. The van der Waals surface area contributed by atoms with Gasteiger partial charge in [-0.05, 0) is 45.0 Å². The first-order valence-corrected chi connectivity index (χ1v) is 9.02. The molecule has 0 aliphatic rings. The first-order chi connectivity index (χ1) is 11.8. The normalized spacial score (nSPS) is 13.1. The van der Waals surface area contributed by atoms with Crippen LogP contribution in [-0.2, 0) is 10.0 Å². The van der Waals surface area contributed by atoms with Crippen LogP contribution in [0.3, 0.4) is 0 Å². The van der Waals surface area contributed by atoms with E-state index in [0.29, 0.717) is 22.7 Å². The van der Waals surface area contributed by atoms with Gasteiger partial charge in [0.15, 0.2) is 5.76 Å². The molecule has 1 unspecified atom stereocenters. The molecule has 9 heteroatoms. The summed E-state index contributed by atoms with van der Waals surface area (Å²) < 4.78 is 46.2. The van der Waals surface area contributed by atoms with Crippen molar-refractivity contribution in [1.82, 2.24) is 19.9 Å². The highest BCUT2D eigenvalue weighted by Gasteiger charge is 2.26. The predicted molar refractivity (Wildman–Crippen MR) is 88.7 cm³/mol. The standard InChI is InChI=1S/C16H17FN4O3S/c1-9-15(10(2)20-19-9)25(22,23)21-11(3)16-18-8-14(24-16)12-4-6-13(17)7-5-12/h4-8,11,21H,1-3H3,(H,19,20). The summed E-state index contributed by atoms with van der Waals surface area (Å²) >= 11 is 0. The van der Waals surface area contributed by atoms with Gasteiger partial charge in [0.25, 0.3) is 0 Å². The first kappa shape index (κ1) is 17.3. The van der Waals surface area contributed by atoms with E-state index in [2.05, 4.69) is 19.9 Å². The average Bonchev–Trinajstić information content (AvgIpc) is 3.15. The van der Waals surface area contributed by atoms with Crippen LogP contribution in [0.4, 0.5) is 4.39 Å². The largest absolute Gasteiger partial charge is 0.439 e. The quantitative estimate of drug-likeness (QED) is 0.725. The van der Waals surface area contributed by atoms with E-state index in [-0.39, 0.29) is 16.6 Å². The van der Waals surface area contributed by atoms with Crippen molar-refractivity contribution in [2.75, 3.05) is 0 Å². The summed E-state index contributed by atoms with van der Waals surface area (Å²) in [6, 6.07) is 5.06. The van der Waals surface area contributed by atoms with Crippen LogP contribution >= 0.6 is 0 Å². The number of benzene rings is 1. The highest BCUT2D eigenvalue weighted by molar-refractivity contribution is 7.89. The summed E-state index contributed by atoms with van der Waals surface area (Å²) in [6.07, 6.45) is 1.47. The lowest BCUT2D eigenvalue weighted by Gasteiger charge is -2.11. The van der Waals surface area contributed by atoms with E-state index in [1.54, 1.807) is 32.9 Å².